The first-order valence-corrected chi connectivity index (χ1v) is 9.85. The van der Waals surface area contributed by atoms with Gasteiger partial charge in [0.2, 0.25) is 5.91 Å². The maximum Gasteiger partial charge on any atom is 0.307 e. The molecule has 1 unspecified atom stereocenters. The van der Waals surface area contributed by atoms with E-state index in [9.17, 15) is 9.59 Å². The first-order valence-electron chi connectivity index (χ1n) is 8.97. The molecule has 0 saturated carbocycles. The van der Waals surface area contributed by atoms with E-state index in [0.29, 0.717) is 26.2 Å². The second-order valence-corrected chi connectivity index (χ2v) is 7.51. The molecule has 1 saturated heterocycles. The average molecular weight is 374 g/mol. The fourth-order valence-electron chi connectivity index (χ4n) is 3.70. The molecule has 1 amide bonds. The molecule has 4 rings (SSSR count). The molecule has 1 atom stereocenters. The summed E-state index contributed by atoms with van der Waals surface area (Å²) in [4.78, 5) is 26.6. The molecule has 2 aliphatic rings. The molecule has 2 aromatic rings. The highest BCUT2D eigenvalue weighted by atomic mass is 32.1. The van der Waals surface area contributed by atoms with Crippen LogP contribution in [0.1, 0.15) is 36.6 Å². The van der Waals surface area contributed by atoms with E-state index in [-0.39, 0.29) is 16.8 Å². The number of carbonyl (C=O) groups excluding carboxylic acids is 1. The third kappa shape index (κ3) is 3.23. The van der Waals surface area contributed by atoms with Crippen LogP contribution in [0.4, 0.5) is 0 Å². The molecule has 7 heteroatoms. The number of aromatic nitrogens is 1. The van der Waals surface area contributed by atoms with Crippen LogP contribution in [0.25, 0.3) is 0 Å². The van der Waals surface area contributed by atoms with Gasteiger partial charge in [0.1, 0.15) is 13.2 Å². The Morgan fingerprint density at radius 1 is 1.27 bits per heavy atom. The van der Waals surface area contributed by atoms with Crippen LogP contribution in [0, 0.1) is 6.92 Å². The maximum absolute atomic E-state index is 12.8. The molecule has 1 aromatic heterocycles. The largest absolute Gasteiger partial charge is 0.486 e. The average Bonchev–Trinajstić information content (AvgIpc) is 3.27. The summed E-state index contributed by atoms with van der Waals surface area (Å²) in [6.07, 6.45) is 2.28. The predicted octanol–water partition coefficient (Wildman–Crippen LogP) is 2.74. The van der Waals surface area contributed by atoms with E-state index in [2.05, 4.69) is 0 Å². The normalized spacial score (nSPS) is 19.0. The monoisotopic (exact) mass is 374 g/mol. The number of thiazole rings is 1. The Bertz CT molecular complexity index is 873. The molecule has 0 radical (unpaired) electrons. The Kier molecular flexibility index (Phi) is 4.72. The lowest BCUT2D eigenvalue weighted by molar-refractivity contribution is -0.132. The summed E-state index contributed by atoms with van der Waals surface area (Å²) in [6.45, 7) is 4.23. The fraction of sp³-hybridized carbons (Fsp3) is 0.474. The number of amides is 1. The van der Waals surface area contributed by atoms with Crippen molar-refractivity contribution < 1.29 is 14.3 Å². The van der Waals surface area contributed by atoms with Gasteiger partial charge in [-0.1, -0.05) is 17.4 Å². The van der Waals surface area contributed by atoms with E-state index in [1.807, 2.05) is 35.4 Å². The van der Waals surface area contributed by atoms with Crippen molar-refractivity contribution in [1.29, 1.82) is 0 Å². The molecular weight excluding hydrogens is 352 g/mol. The maximum atomic E-state index is 12.8. The Balaban J connectivity index is 1.47. The number of benzene rings is 1. The lowest BCUT2D eigenvalue weighted by Gasteiger charge is -2.27. The van der Waals surface area contributed by atoms with E-state index >= 15 is 0 Å². The summed E-state index contributed by atoms with van der Waals surface area (Å²) >= 11 is 1.18. The van der Waals surface area contributed by atoms with E-state index in [0.717, 1.165) is 42.1 Å². The molecule has 138 valence electrons. The van der Waals surface area contributed by atoms with Gasteiger partial charge in [-0.05, 0) is 37.5 Å². The van der Waals surface area contributed by atoms with E-state index in [4.69, 9.17) is 9.47 Å². The van der Waals surface area contributed by atoms with Gasteiger partial charge in [-0.2, -0.15) is 0 Å². The number of ether oxygens (including phenoxy) is 2. The van der Waals surface area contributed by atoms with Crippen molar-refractivity contribution in [2.45, 2.75) is 38.8 Å². The number of rotatable bonds is 4. The molecule has 1 aromatic carbocycles. The molecular formula is C19H22N2O4S. The Morgan fingerprint density at radius 3 is 2.85 bits per heavy atom. The number of nitrogens with zero attached hydrogens (tertiary/aromatic N) is 2. The van der Waals surface area contributed by atoms with Gasteiger partial charge in [-0.15, -0.1) is 0 Å². The van der Waals surface area contributed by atoms with Crippen molar-refractivity contribution >= 4 is 17.2 Å². The zero-order chi connectivity index (χ0) is 18.1. The van der Waals surface area contributed by atoms with Crippen LogP contribution in [0.15, 0.2) is 28.4 Å². The third-order valence-electron chi connectivity index (χ3n) is 5.05. The standard InChI is InChI=1S/C19H22N2O4S/c1-13-12-26-19(23)20(13)8-6-18(22)21-7-2-3-15(21)14-4-5-16-17(11-14)25-10-9-24-16/h4-5,11-12,15H,2-3,6-10H2,1H3. The molecule has 0 N–H and O–H groups in total. The van der Waals surface area contributed by atoms with Crippen LogP contribution in [0.3, 0.4) is 0 Å². The summed E-state index contributed by atoms with van der Waals surface area (Å²) in [6, 6.07) is 6.02. The minimum absolute atomic E-state index is 0.0001000. The van der Waals surface area contributed by atoms with E-state index < -0.39 is 0 Å². The number of carbonyl (C=O) groups is 1. The number of likely N-dealkylation sites (tertiary alicyclic amines) is 1. The molecule has 3 heterocycles. The van der Waals surface area contributed by atoms with Crippen molar-refractivity contribution in [3.8, 4) is 11.5 Å². The molecule has 2 aliphatic heterocycles. The number of aryl methyl sites for hydroxylation is 1. The molecule has 26 heavy (non-hydrogen) atoms. The van der Waals surface area contributed by atoms with Gasteiger partial charge in [0.25, 0.3) is 0 Å². The van der Waals surface area contributed by atoms with Crippen molar-refractivity contribution in [1.82, 2.24) is 9.47 Å². The smallest absolute Gasteiger partial charge is 0.307 e. The van der Waals surface area contributed by atoms with E-state index in [1.54, 1.807) is 4.57 Å². The molecule has 0 aliphatic carbocycles. The zero-order valence-corrected chi connectivity index (χ0v) is 15.6. The second kappa shape index (κ2) is 7.15. The van der Waals surface area contributed by atoms with Gasteiger partial charge < -0.3 is 18.9 Å². The molecule has 0 spiro atoms. The highest BCUT2D eigenvalue weighted by Crippen LogP contribution is 2.38. The van der Waals surface area contributed by atoms with Gasteiger partial charge in [-0.25, -0.2) is 0 Å². The van der Waals surface area contributed by atoms with Gasteiger partial charge in [0, 0.05) is 30.6 Å². The van der Waals surface area contributed by atoms with Crippen LogP contribution in [-0.4, -0.2) is 35.1 Å². The molecule has 0 bridgehead atoms. The summed E-state index contributed by atoms with van der Waals surface area (Å²) in [5.41, 5.74) is 2.00. The summed E-state index contributed by atoms with van der Waals surface area (Å²) in [7, 11) is 0. The zero-order valence-electron chi connectivity index (χ0n) is 14.8. The van der Waals surface area contributed by atoms with Crippen molar-refractivity contribution in [2.24, 2.45) is 0 Å². The van der Waals surface area contributed by atoms with Crippen molar-refractivity contribution in [3.05, 3.63) is 44.5 Å². The SMILES string of the molecule is Cc1csc(=O)n1CCC(=O)N1CCCC1c1ccc2c(c1)OCCO2. The lowest BCUT2D eigenvalue weighted by atomic mass is 10.0. The Hall–Kier alpha value is -2.28. The third-order valence-corrected chi connectivity index (χ3v) is 5.93. The lowest BCUT2D eigenvalue weighted by Crippen LogP contribution is -2.32. The summed E-state index contributed by atoms with van der Waals surface area (Å²) in [5, 5.41) is 1.83. The Morgan fingerprint density at radius 2 is 2.08 bits per heavy atom. The summed E-state index contributed by atoms with van der Waals surface area (Å²) in [5.74, 6) is 1.62. The van der Waals surface area contributed by atoms with Gasteiger partial charge >= 0.3 is 4.87 Å². The fourth-order valence-corrected chi connectivity index (χ4v) is 4.47. The van der Waals surface area contributed by atoms with Crippen LogP contribution >= 0.6 is 11.3 Å². The van der Waals surface area contributed by atoms with Gasteiger partial charge in [0.15, 0.2) is 11.5 Å². The second-order valence-electron chi connectivity index (χ2n) is 6.69. The first kappa shape index (κ1) is 17.1. The topological polar surface area (TPSA) is 60.8 Å². The minimum atomic E-state index is 0.0001000. The van der Waals surface area contributed by atoms with Gasteiger partial charge in [0.05, 0.1) is 6.04 Å². The van der Waals surface area contributed by atoms with Crippen LogP contribution in [0.2, 0.25) is 0 Å². The van der Waals surface area contributed by atoms with Gasteiger partial charge in [-0.3, -0.25) is 9.59 Å². The minimum Gasteiger partial charge on any atom is -0.486 e. The van der Waals surface area contributed by atoms with Crippen LogP contribution in [-0.2, 0) is 11.3 Å². The highest BCUT2D eigenvalue weighted by molar-refractivity contribution is 7.07. The number of fused-ring (bicyclic) bond motifs is 1. The van der Waals surface area contributed by atoms with E-state index in [1.165, 1.54) is 11.3 Å². The summed E-state index contributed by atoms with van der Waals surface area (Å²) < 4.78 is 12.9. The Labute approximate surface area is 156 Å². The number of hydrogen-bond donors (Lipinski definition) is 0. The number of hydrogen-bond acceptors (Lipinski definition) is 5. The van der Waals surface area contributed by atoms with Crippen LogP contribution in [0.5, 0.6) is 11.5 Å². The first-order chi connectivity index (χ1) is 12.6. The highest BCUT2D eigenvalue weighted by Gasteiger charge is 2.30. The van der Waals surface area contributed by atoms with Crippen molar-refractivity contribution in [2.75, 3.05) is 19.8 Å². The quantitative estimate of drug-likeness (QED) is 0.826. The predicted molar refractivity (Wildman–Crippen MR) is 99.1 cm³/mol. The van der Waals surface area contributed by atoms with Crippen molar-refractivity contribution in [3.63, 3.8) is 0 Å². The molecule has 6 nitrogen and oxygen atoms in total. The van der Waals surface area contributed by atoms with Crippen LogP contribution < -0.4 is 14.3 Å². The molecule has 1 fully saturated rings.